The van der Waals surface area contributed by atoms with Crippen LogP contribution in [-0.2, 0) is 23.2 Å². The van der Waals surface area contributed by atoms with Crippen molar-refractivity contribution in [3.8, 4) is 5.75 Å². The SMILES string of the molecule is C=C[C@]1(C)COc2c(cn(C)c2C(=O)Nc2ccc(F)c(C(F)(F)F)c2)S(=O)(=O)N1. The van der Waals surface area contributed by atoms with Gasteiger partial charge in [-0.25, -0.2) is 12.8 Å². The molecule has 0 saturated carbocycles. The average Bonchev–Trinajstić information content (AvgIpc) is 2.93. The van der Waals surface area contributed by atoms with Crippen LogP contribution in [0.25, 0.3) is 0 Å². The fraction of sp³-hybridized carbons (Fsp3) is 0.278. The van der Waals surface area contributed by atoms with E-state index in [2.05, 4.69) is 16.6 Å². The Bertz CT molecular complexity index is 1140. The molecule has 3 rings (SSSR count). The summed E-state index contributed by atoms with van der Waals surface area (Å²) in [7, 11) is -2.71. The molecule has 0 saturated heterocycles. The van der Waals surface area contributed by atoms with Crippen LogP contribution in [0.15, 0.2) is 41.9 Å². The van der Waals surface area contributed by atoms with Gasteiger partial charge in [0.15, 0.2) is 11.4 Å². The highest BCUT2D eigenvalue weighted by atomic mass is 32.2. The largest absolute Gasteiger partial charge is 0.487 e. The summed E-state index contributed by atoms with van der Waals surface area (Å²) >= 11 is 0. The topological polar surface area (TPSA) is 89.4 Å². The van der Waals surface area contributed by atoms with E-state index in [1.165, 1.54) is 24.6 Å². The number of alkyl halides is 3. The molecule has 1 aromatic heterocycles. The first-order valence-corrected chi connectivity index (χ1v) is 9.93. The predicted molar refractivity (Wildman–Crippen MR) is 99.2 cm³/mol. The molecule has 1 aromatic carbocycles. The lowest BCUT2D eigenvalue weighted by Crippen LogP contribution is -2.46. The maximum Gasteiger partial charge on any atom is 0.419 e. The third-order valence-corrected chi connectivity index (χ3v) is 6.08. The molecular formula is C18H17F4N3O4S. The molecule has 162 valence electrons. The number of anilines is 1. The van der Waals surface area contributed by atoms with Gasteiger partial charge in [0.25, 0.3) is 5.91 Å². The summed E-state index contributed by atoms with van der Waals surface area (Å²) in [5.41, 5.74) is -3.25. The number of ether oxygens (including phenoxy) is 1. The van der Waals surface area contributed by atoms with E-state index < -0.39 is 39.0 Å². The highest BCUT2D eigenvalue weighted by molar-refractivity contribution is 7.89. The van der Waals surface area contributed by atoms with Crippen LogP contribution >= 0.6 is 0 Å². The van der Waals surface area contributed by atoms with Gasteiger partial charge in [-0.05, 0) is 25.1 Å². The number of nitrogens with one attached hydrogen (secondary N) is 2. The van der Waals surface area contributed by atoms with Gasteiger partial charge in [-0.1, -0.05) is 6.08 Å². The second kappa shape index (κ2) is 7.13. The summed E-state index contributed by atoms with van der Waals surface area (Å²) in [6.45, 7) is 4.91. The Kier molecular flexibility index (Phi) is 5.19. The van der Waals surface area contributed by atoms with E-state index in [9.17, 15) is 30.8 Å². The van der Waals surface area contributed by atoms with Crippen LogP contribution < -0.4 is 14.8 Å². The van der Waals surface area contributed by atoms with Gasteiger partial charge in [-0.2, -0.15) is 17.9 Å². The van der Waals surface area contributed by atoms with E-state index in [-0.39, 0.29) is 28.6 Å². The molecule has 30 heavy (non-hydrogen) atoms. The minimum absolute atomic E-state index is 0.179. The molecule has 0 bridgehead atoms. The predicted octanol–water partition coefficient (Wildman–Crippen LogP) is 3.05. The van der Waals surface area contributed by atoms with E-state index in [1.807, 2.05) is 0 Å². The van der Waals surface area contributed by atoms with Crippen LogP contribution in [-0.4, -0.2) is 31.0 Å². The van der Waals surface area contributed by atoms with Gasteiger partial charge < -0.3 is 14.6 Å². The van der Waals surface area contributed by atoms with Crippen LogP contribution in [0.2, 0.25) is 0 Å². The number of amides is 1. The van der Waals surface area contributed by atoms with Crippen LogP contribution in [0.5, 0.6) is 5.75 Å². The monoisotopic (exact) mass is 447 g/mol. The molecule has 1 aliphatic rings. The Morgan fingerprint density at radius 1 is 1.40 bits per heavy atom. The quantitative estimate of drug-likeness (QED) is 0.559. The normalized spacial score (nSPS) is 20.6. The number of carbonyl (C=O) groups excluding carboxylic acids is 1. The number of aromatic nitrogens is 1. The van der Waals surface area contributed by atoms with Gasteiger partial charge in [0.1, 0.15) is 17.3 Å². The van der Waals surface area contributed by atoms with Gasteiger partial charge in [-0.15, -0.1) is 6.58 Å². The molecule has 1 atom stereocenters. The van der Waals surface area contributed by atoms with E-state index in [4.69, 9.17) is 4.74 Å². The zero-order valence-electron chi connectivity index (χ0n) is 15.8. The van der Waals surface area contributed by atoms with Gasteiger partial charge in [-0.3, -0.25) is 4.79 Å². The molecule has 2 aromatic rings. The van der Waals surface area contributed by atoms with Crippen molar-refractivity contribution in [1.29, 1.82) is 0 Å². The van der Waals surface area contributed by atoms with Crippen molar-refractivity contribution in [3.63, 3.8) is 0 Å². The molecule has 2 N–H and O–H groups in total. The van der Waals surface area contributed by atoms with Gasteiger partial charge in [0.05, 0.1) is 11.1 Å². The third kappa shape index (κ3) is 3.92. The fourth-order valence-electron chi connectivity index (χ4n) is 2.89. The maximum absolute atomic E-state index is 13.5. The van der Waals surface area contributed by atoms with Gasteiger partial charge >= 0.3 is 6.18 Å². The Morgan fingerprint density at radius 2 is 2.07 bits per heavy atom. The van der Waals surface area contributed by atoms with E-state index in [1.54, 1.807) is 0 Å². The second-order valence-electron chi connectivity index (χ2n) is 6.94. The zero-order valence-corrected chi connectivity index (χ0v) is 16.6. The average molecular weight is 447 g/mol. The van der Waals surface area contributed by atoms with E-state index in [0.29, 0.717) is 12.1 Å². The summed E-state index contributed by atoms with van der Waals surface area (Å²) < 4.78 is 86.6. The van der Waals surface area contributed by atoms with Crippen molar-refractivity contribution in [1.82, 2.24) is 9.29 Å². The second-order valence-corrected chi connectivity index (χ2v) is 8.60. The van der Waals surface area contributed by atoms with Crippen LogP contribution in [0.3, 0.4) is 0 Å². The number of benzene rings is 1. The lowest BCUT2D eigenvalue weighted by molar-refractivity contribution is -0.139. The number of halogens is 4. The van der Waals surface area contributed by atoms with E-state index >= 15 is 0 Å². The minimum Gasteiger partial charge on any atom is -0.487 e. The first-order chi connectivity index (χ1) is 13.8. The molecular weight excluding hydrogens is 430 g/mol. The van der Waals surface area contributed by atoms with Crippen molar-refractivity contribution in [2.45, 2.75) is 23.5 Å². The Labute approximate surface area is 169 Å². The van der Waals surface area contributed by atoms with E-state index in [0.717, 1.165) is 12.3 Å². The van der Waals surface area contributed by atoms with Crippen molar-refractivity contribution >= 4 is 21.6 Å². The molecule has 7 nitrogen and oxygen atoms in total. The van der Waals surface area contributed by atoms with Crippen LogP contribution in [0.1, 0.15) is 23.0 Å². The Morgan fingerprint density at radius 3 is 2.67 bits per heavy atom. The van der Waals surface area contributed by atoms with Crippen molar-refractivity contribution in [2.75, 3.05) is 11.9 Å². The third-order valence-electron chi connectivity index (χ3n) is 4.47. The maximum atomic E-state index is 13.5. The molecule has 1 amide bonds. The van der Waals surface area contributed by atoms with Gasteiger partial charge in [0.2, 0.25) is 10.0 Å². The molecule has 0 unspecified atom stereocenters. The standard InChI is InChI=1S/C18H17F4N3O4S/c1-4-17(2)9-29-15-13(30(27,28)24-17)8-25(3)14(15)16(26)23-10-5-6-12(19)11(7-10)18(20,21)22/h4-8,24H,1,9H2,2-3H3,(H,23,26)/t17-/m1/s1. The molecule has 1 aliphatic heterocycles. The van der Waals surface area contributed by atoms with Gasteiger partial charge in [0, 0.05) is 18.9 Å². The number of carbonyl (C=O) groups is 1. The summed E-state index contributed by atoms with van der Waals surface area (Å²) in [6, 6.07) is 1.98. The van der Waals surface area contributed by atoms with Crippen molar-refractivity contribution in [3.05, 3.63) is 54.1 Å². The number of rotatable bonds is 3. The lowest BCUT2D eigenvalue weighted by atomic mass is 10.1. The Hall–Kier alpha value is -2.86. The summed E-state index contributed by atoms with van der Waals surface area (Å²) in [5.74, 6) is -2.68. The number of aryl methyl sites for hydroxylation is 1. The molecule has 12 heteroatoms. The molecule has 2 heterocycles. The summed E-state index contributed by atoms with van der Waals surface area (Å²) in [6.07, 6.45) is -2.47. The Balaban J connectivity index is 2.01. The number of hydrogen-bond donors (Lipinski definition) is 2. The minimum atomic E-state index is -4.95. The molecule has 0 spiro atoms. The lowest BCUT2D eigenvalue weighted by Gasteiger charge is -2.23. The smallest absolute Gasteiger partial charge is 0.419 e. The summed E-state index contributed by atoms with van der Waals surface area (Å²) in [5, 5.41) is 2.22. The highest BCUT2D eigenvalue weighted by Crippen LogP contribution is 2.36. The summed E-state index contributed by atoms with van der Waals surface area (Å²) in [4.78, 5) is 12.4. The van der Waals surface area contributed by atoms with Crippen molar-refractivity contribution < 1.29 is 35.5 Å². The van der Waals surface area contributed by atoms with Crippen LogP contribution in [0, 0.1) is 5.82 Å². The first kappa shape index (κ1) is 21.8. The molecule has 0 radical (unpaired) electrons. The number of sulfonamides is 1. The van der Waals surface area contributed by atoms with Crippen molar-refractivity contribution in [2.24, 2.45) is 7.05 Å². The number of fused-ring (bicyclic) bond motifs is 1. The highest BCUT2D eigenvalue weighted by Gasteiger charge is 2.39. The number of hydrogen-bond acceptors (Lipinski definition) is 4. The number of nitrogens with zero attached hydrogens (tertiary/aromatic N) is 1. The van der Waals surface area contributed by atoms with Crippen LogP contribution in [0.4, 0.5) is 23.2 Å². The first-order valence-electron chi connectivity index (χ1n) is 8.45. The fourth-order valence-corrected chi connectivity index (χ4v) is 4.46. The zero-order chi connectivity index (χ0) is 22.5. The molecule has 0 fully saturated rings. The molecule has 0 aliphatic carbocycles.